The van der Waals surface area contributed by atoms with Crippen molar-refractivity contribution in [3.8, 4) is 0 Å². The summed E-state index contributed by atoms with van der Waals surface area (Å²) in [5.74, 6) is 1.49. The van der Waals surface area contributed by atoms with E-state index in [9.17, 15) is 0 Å². The number of aromatic nitrogens is 2. The van der Waals surface area contributed by atoms with Crippen LogP contribution in [0.15, 0.2) is 29.3 Å². The molecule has 6 nitrogen and oxygen atoms in total. The van der Waals surface area contributed by atoms with Crippen LogP contribution in [0.4, 0.5) is 11.6 Å². The zero-order chi connectivity index (χ0) is 14.7. The van der Waals surface area contributed by atoms with Gasteiger partial charge in [0.25, 0.3) is 0 Å². The number of para-hydroxylation sites is 2. The van der Waals surface area contributed by atoms with Gasteiger partial charge in [0.1, 0.15) is 0 Å². The Balaban J connectivity index is 2.06. The van der Waals surface area contributed by atoms with E-state index >= 15 is 0 Å². The van der Waals surface area contributed by atoms with E-state index in [1.54, 1.807) is 6.34 Å². The molecular formula is C15H19N5O. The number of morpholine rings is 1. The highest BCUT2D eigenvalue weighted by molar-refractivity contribution is 5.80. The first kappa shape index (κ1) is 13.8. The predicted molar refractivity (Wildman–Crippen MR) is 84.4 cm³/mol. The molecule has 110 valence electrons. The molecule has 0 amide bonds. The number of nitrogens with zero attached hydrogens (tertiary/aromatic N) is 5. The highest BCUT2D eigenvalue weighted by atomic mass is 16.5. The van der Waals surface area contributed by atoms with Gasteiger partial charge in [-0.25, -0.2) is 15.0 Å². The monoisotopic (exact) mass is 285 g/mol. The smallest absolute Gasteiger partial charge is 0.197 e. The van der Waals surface area contributed by atoms with E-state index in [0.29, 0.717) is 19.0 Å². The Morgan fingerprint density at radius 1 is 1.14 bits per heavy atom. The molecule has 0 spiro atoms. The Labute approximate surface area is 124 Å². The molecule has 1 aromatic carbocycles. The highest BCUT2D eigenvalue weighted by Gasteiger charge is 2.18. The fourth-order valence-corrected chi connectivity index (χ4v) is 2.23. The molecule has 1 aliphatic rings. The second-order valence-electron chi connectivity index (χ2n) is 5.17. The van der Waals surface area contributed by atoms with Gasteiger partial charge in [0, 0.05) is 27.2 Å². The molecule has 1 saturated heterocycles. The van der Waals surface area contributed by atoms with Crippen molar-refractivity contribution in [2.24, 2.45) is 4.99 Å². The molecule has 0 bridgehead atoms. The molecule has 21 heavy (non-hydrogen) atoms. The molecule has 2 aromatic rings. The maximum Gasteiger partial charge on any atom is 0.197 e. The molecule has 6 heteroatoms. The van der Waals surface area contributed by atoms with Gasteiger partial charge in [0.2, 0.25) is 0 Å². The first-order valence-electron chi connectivity index (χ1n) is 7.04. The van der Waals surface area contributed by atoms with E-state index in [-0.39, 0.29) is 0 Å². The summed E-state index contributed by atoms with van der Waals surface area (Å²) >= 11 is 0. The summed E-state index contributed by atoms with van der Waals surface area (Å²) in [6.07, 6.45) is 1.75. The molecule has 0 unspecified atom stereocenters. The molecule has 1 fully saturated rings. The Bertz CT molecular complexity index is 650. The second kappa shape index (κ2) is 6.05. The summed E-state index contributed by atoms with van der Waals surface area (Å²) in [6.45, 7) is 3.06. The van der Waals surface area contributed by atoms with Gasteiger partial charge in [-0.2, -0.15) is 0 Å². The van der Waals surface area contributed by atoms with Crippen LogP contribution < -0.4 is 4.90 Å². The number of hydrogen-bond donors (Lipinski definition) is 0. The topological polar surface area (TPSA) is 53.9 Å². The summed E-state index contributed by atoms with van der Waals surface area (Å²) in [7, 11) is 3.87. The number of fused-ring (bicyclic) bond motifs is 1. The molecule has 0 radical (unpaired) electrons. The molecule has 1 aromatic heterocycles. The average molecular weight is 285 g/mol. The summed E-state index contributed by atoms with van der Waals surface area (Å²) < 4.78 is 5.41. The molecule has 1 aliphatic heterocycles. The van der Waals surface area contributed by atoms with Gasteiger partial charge in [-0.1, -0.05) is 12.1 Å². The third-order valence-corrected chi connectivity index (χ3v) is 3.26. The van der Waals surface area contributed by atoms with Crippen molar-refractivity contribution in [2.75, 3.05) is 45.3 Å². The first-order chi connectivity index (χ1) is 10.2. The number of aliphatic imine (C=N–C) groups is 1. The van der Waals surface area contributed by atoms with Crippen molar-refractivity contribution in [3.05, 3.63) is 24.3 Å². The van der Waals surface area contributed by atoms with Crippen molar-refractivity contribution in [2.45, 2.75) is 0 Å². The fraction of sp³-hybridized carbons (Fsp3) is 0.400. The quantitative estimate of drug-likeness (QED) is 0.634. The van der Waals surface area contributed by atoms with E-state index < -0.39 is 0 Å². The van der Waals surface area contributed by atoms with Crippen molar-refractivity contribution < 1.29 is 4.74 Å². The van der Waals surface area contributed by atoms with E-state index in [2.05, 4.69) is 14.9 Å². The number of anilines is 1. The number of benzene rings is 1. The number of rotatable bonds is 3. The van der Waals surface area contributed by atoms with Gasteiger partial charge in [0.05, 0.1) is 30.6 Å². The normalized spacial score (nSPS) is 15.8. The molecule has 0 N–H and O–H groups in total. The van der Waals surface area contributed by atoms with Gasteiger partial charge in [0.15, 0.2) is 11.6 Å². The maximum atomic E-state index is 5.41. The van der Waals surface area contributed by atoms with E-state index in [4.69, 9.17) is 9.72 Å². The largest absolute Gasteiger partial charge is 0.378 e. The summed E-state index contributed by atoms with van der Waals surface area (Å²) in [5.41, 5.74) is 1.75. The zero-order valence-corrected chi connectivity index (χ0v) is 12.4. The molecule has 0 aliphatic carbocycles. The van der Waals surface area contributed by atoms with Gasteiger partial charge >= 0.3 is 0 Å². The molecular weight excluding hydrogens is 266 g/mol. The van der Waals surface area contributed by atoms with E-state index in [1.165, 1.54) is 0 Å². The van der Waals surface area contributed by atoms with Crippen molar-refractivity contribution >= 4 is 29.0 Å². The van der Waals surface area contributed by atoms with E-state index in [1.807, 2.05) is 43.3 Å². The van der Waals surface area contributed by atoms with Crippen molar-refractivity contribution in [1.29, 1.82) is 0 Å². The number of hydrogen-bond acceptors (Lipinski definition) is 5. The second-order valence-corrected chi connectivity index (χ2v) is 5.17. The van der Waals surface area contributed by atoms with Crippen LogP contribution in [0.2, 0.25) is 0 Å². The van der Waals surface area contributed by atoms with Crippen LogP contribution in [-0.2, 0) is 4.74 Å². The standard InChI is InChI=1S/C15H19N5O/c1-19(2)11-16-14-15(20-7-9-21-10-8-20)18-13-6-4-3-5-12(13)17-14/h3-6,11H,7-10H2,1-2H3. The molecule has 0 atom stereocenters. The van der Waals surface area contributed by atoms with Gasteiger partial charge in [-0.3, -0.25) is 0 Å². The Morgan fingerprint density at radius 3 is 2.48 bits per heavy atom. The fourth-order valence-electron chi connectivity index (χ4n) is 2.23. The number of ether oxygens (including phenoxy) is 1. The summed E-state index contributed by atoms with van der Waals surface area (Å²) in [5, 5.41) is 0. The Kier molecular flexibility index (Phi) is 3.96. The van der Waals surface area contributed by atoms with Crippen LogP contribution in [0, 0.1) is 0 Å². The lowest BCUT2D eigenvalue weighted by Gasteiger charge is -2.28. The highest BCUT2D eigenvalue weighted by Crippen LogP contribution is 2.27. The van der Waals surface area contributed by atoms with Crippen LogP contribution in [0.25, 0.3) is 11.0 Å². The lowest BCUT2D eigenvalue weighted by molar-refractivity contribution is 0.122. The van der Waals surface area contributed by atoms with E-state index in [0.717, 1.165) is 29.9 Å². The van der Waals surface area contributed by atoms with Gasteiger partial charge in [-0.05, 0) is 12.1 Å². The maximum absolute atomic E-state index is 5.41. The molecule has 2 heterocycles. The minimum atomic E-state index is 0.657. The van der Waals surface area contributed by atoms with Crippen LogP contribution in [-0.4, -0.2) is 61.6 Å². The van der Waals surface area contributed by atoms with Crippen molar-refractivity contribution in [1.82, 2.24) is 14.9 Å². The molecule has 3 rings (SSSR count). The van der Waals surface area contributed by atoms with Gasteiger partial charge < -0.3 is 14.5 Å². The minimum absolute atomic E-state index is 0.657. The lowest BCUT2D eigenvalue weighted by Crippen LogP contribution is -2.37. The van der Waals surface area contributed by atoms with Crippen LogP contribution >= 0.6 is 0 Å². The van der Waals surface area contributed by atoms with Crippen LogP contribution in [0.5, 0.6) is 0 Å². The Hall–Kier alpha value is -2.21. The van der Waals surface area contributed by atoms with Crippen LogP contribution in [0.1, 0.15) is 0 Å². The predicted octanol–water partition coefficient (Wildman–Crippen LogP) is 1.69. The third kappa shape index (κ3) is 3.11. The van der Waals surface area contributed by atoms with Gasteiger partial charge in [-0.15, -0.1) is 0 Å². The average Bonchev–Trinajstić information content (AvgIpc) is 2.53. The van der Waals surface area contributed by atoms with Crippen LogP contribution in [0.3, 0.4) is 0 Å². The summed E-state index contributed by atoms with van der Waals surface area (Å²) in [4.78, 5) is 18.0. The summed E-state index contributed by atoms with van der Waals surface area (Å²) in [6, 6.07) is 7.87. The Morgan fingerprint density at radius 2 is 1.81 bits per heavy atom. The zero-order valence-electron chi connectivity index (χ0n) is 12.4. The third-order valence-electron chi connectivity index (χ3n) is 3.26. The lowest BCUT2D eigenvalue weighted by atomic mass is 10.3. The minimum Gasteiger partial charge on any atom is -0.378 e. The molecule has 0 saturated carbocycles. The van der Waals surface area contributed by atoms with Crippen molar-refractivity contribution in [3.63, 3.8) is 0 Å². The SMILES string of the molecule is CN(C)C=Nc1nc2ccccc2nc1N1CCOCC1. The first-order valence-corrected chi connectivity index (χ1v) is 7.04.